The number of carbonyl (C=O) groups is 3. The van der Waals surface area contributed by atoms with Gasteiger partial charge in [-0.2, -0.15) is 0 Å². The van der Waals surface area contributed by atoms with Crippen molar-refractivity contribution in [3.05, 3.63) is 62.6 Å². The molecule has 45 heavy (non-hydrogen) atoms. The molecule has 13 heteroatoms. The van der Waals surface area contributed by atoms with Crippen LogP contribution in [0.3, 0.4) is 0 Å². The zero-order valence-electron chi connectivity index (χ0n) is 26.5. The van der Waals surface area contributed by atoms with Gasteiger partial charge in [0.15, 0.2) is 11.2 Å². The van der Waals surface area contributed by atoms with E-state index < -0.39 is 35.3 Å². The number of fused-ring (bicyclic) bond motifs is 1. The predicted octanol–water partition coefficient (Wildman–Crippen LogP) is 3.54. The number of hydrogen-bond acceptors (Lipinski definition) is 7. The van der Waals surface area contributed by atoms with Crippen LogP contribution in [0.1, 0.15) is 82.5 Å². The average Bonchev–Trinajstić information content (AvgIpc) is 3.35. The number of ether oxygens (including phenoxy) is 1. The van der Waals surface area contributed by atoms with E-state index in [1.807, 2.05) is 18.2 Å². The number of aromatic amines is 1. The van der Waals surface area contributed by atoms with Gasteiger partial charge in [-0.1, -0.05) is 82.2 Å². The van der Waals surface area contributed by atoms with E-state index in [2.05, 4.69) is 20.6 Å². The van der Waals surface area contributed by atoms with Crippen LogP contribution in [0, 0.1) is 5.92 Å². The molecule has 3 aromatic rings. The number of alkyl carbamates (subject to hydrolysis) is 1. The number of carboxylic acid groups (broad SMARTS) is 1. The molecule has 0 fully saturated rings. The number of rotatable bonds is 19. The Balaban J connectivity index is 1.21. The third-order valence-electron chi connectivity index (χ3n) is 7.94. The van der Waals surface area contributed by atoms with Gasteiger partial charge >= 0.3 is 17.8 Å². The third kappa shape index (κ3) is 10.9. The monoisotopic (exact) mass is 626 g/mol. The van der Waals surface area contributed by atoms with Crippen LogP contribution in [0.15, 0.2) is 39.9 Å². The molecular weight excluding hydrogens is 580 g/mol. The molecule has 0 spiro atoms. The Bertz CT molecular complexity index is 1530. The number of hydrogen-bond donors (Lipinski definition) is 4. The minimum atomic E-state index is -1.23. The van der Waals surface area contributed by atoms with Gasteiger partial charge in [-0.15, -0.1) is 0 Å². The van der Waals surface area contributed by atoms with Crippen molar-refractivity contribution in [3.8, 4) is 0 Å². The van der Waals surface area contributed by atoms with E-state index >= 15 is 0 Å². The first-order chi connectivity index (χ1) is 21.6. The van der Waals surface area contributed by atoms with E-state index in [-0.39, 0.29) is 18.9 Å². The number of unbranched alkanes of at least 4 members (excludes halogenated alkanes) is 8. The molecule has 2 atom stereocenters. The summed E-state index contributed by atoms with van der Waals surface area (Å²) in [5, 5.41) is 14.7. The lowest BCUT2D eigenvalue weighted by Gasteiger charge is -2.18. The van der Waals surface area contributed by atoms with Gasteiger partial charge in [0.1, 0.15) is 18.5 Å². The van der Waals surface area contributed by atoms with E-state index in [4.69, 9.17) is 4.74 Å². The summed E-state index contributed by atoms with van der Waals surface area (Å²) in [4.78, 5) is 67.0. The Morgan fingerprint density at radius 2 is 1.56 bits per heavy atom. The minimum Gasteiger partial charge on any atom is -0.480 e. The number of nitrogens with zero attached hydrogens (tertiary/aromatic N) is 3. The Morgan fingerprint density at radius 1 is 0.933 bits per heavy atom. The van der Waals surface area contributed by atoms with Crippen molar-refractivity contribution in [1.82, 2.24) is 29.7 Å². The standard InChI is InChI=1S/C32H46N6O7/c1-22(20-24(30(41)42)34-32(44)45-21-23-16-12-11-13-17-23)28(39)33-19-15-10-8-6-4-5-7-9-14-18-25-35-27-26(37(25)2)29(40)36-31(43)38(27)3/h11-13,16-17,22,24H,4-10,14-15,18-21H2,1-3H3,(H,33,39)(H,34,44)(H,41,42)(H,36,40,43)/t22?,24-/m0/s1. The second-order valence-electron chi connectivity index (χ2n) is 11.5. The molecule has 4 N–H and O–H groups in total. The van der Waals surface area contributed by atoms with Crippen molar-refractivity contribution in [3.63, 3.8) is 0 Å². The van der Waals surface area contributed by atoms with Crippen LogP contribution < -0.4 is 21.9 Å². The van der Waals surface area contributed by atoms with Crippen LogP contribution in [0.4, 0.5) is 4.79 Å². The highest BCUT2D eigenvalue weighted by Crippen LogP contribution is 2.14. The number of aromatic nitrogens is 4. The molecule has 1 unspecified atom stereocenters. The third-order valence-corrected chi connectivity index (χ3v) is 7.94. The van der Waals surface area contributed by atoms with Gasteiger partial charge in [0.2, 0.25) is 5.91 Å². The highest BCUT2D eigenvalue weighted by molar-refractivity contribution is 5.82. The number of aryl methyl sites for hydroxylation is 3. The van der Waals surface area contributed by atoms with Gasteiger partial charge in [-0.3, -0.25) is 19.1 Å². The SMILES string of the molecule is CC(C[C@H](NC(=O)OCc1ccccc1)C(=O)O)C(=O)NCCCCCCCCCCCc1nc2c(c(=O)[nH]c(=O)n2C)n1C. The largest absolute Gasteiger partial charge is 0.480 e. The molecule has 246 valence electrons. The highest BCUT2D eigenvalue weighted by atomic mass is 16.5. The molecule has 13 nitrogen and oxygen atoms in total. The lowest BCUT2D eigenvalue weighted by molar-refractivity contribution is -0.140. The molecule has 1 aromatic carbocycles. The summed E-state index contributed by atoms with van der Waals surface area (Å²) >= 11 is 0. The first kappa shape index (κ1) is 35.1. The molecule has 0 bridgehead atoms. The fourth-order valence-corrected chi connectivity index (χ4v) is 5.20. The summed E-state index contributed by atoms with van der Waals surface area (Å²) in [6.07, 6.45) is 9.34. The summed E-state index contributed by atoms with van der Waals surface area (Å²) in [6, 6.07) is 7.83. The van der Waals surface area contributed by atoms with Crippen molar-refractivity contribution in [2.45, 2.75) is 90.2 Å². The summed E-state index contributed by atoms with van der Waals surface area (Å²) in [6.45, 7) is 2.19. The summed E-state index contributed by atoms with van der Waals surface area (Å²) in [5.41, 5.74) is 0.732. The zero-order chi connectivity index (χ0) is 32.8. The summed E-state index contributed by atoms with van der Waals surface area (Å²) < 4.78 is 8.23. The van der Waals surface area contributed by atoms with E-state index in [1.54, 1.807) is 37.7 Å². The molecule has 2 heterocycles. The van der Waals surface area contributed by atoms with Crippen LogP contribution in [-0.4, -0.2) is 54.8 Å². The van der Waals surface area contributed by atoms with Crippen molar-refractivity contribution < 1.29 is 24.2 Å². The molecule has 3 rings (SSSR count). The Hall–Kier alpha value is -4.42. The van der Waals surface area contributed by atoms with Crippen LogP contribution in [0.5, 0.6) is 0 Å². The van der Waals surface area contributed by atoms with Crippen molar-refractivity contribution in [1.29, 1.82) is 0 Å². The number of carboxylic acids is 1. The molecular formula is C32H46N6O7. The van der Waals surface area contributed by atoms with Gasteiger partial charge in [0, 0.05) is 33.0 Å². The Labute approximate surface area is 262 Å². The van der Waals surface area contributed by atoms with Gasteiger partial charge in [-0.25, -0.2) is 19.4 Å². The number of nitrogens with one attached hydrogen (secondary N) is 3. The van der Waals surface area contributed by atoms with Gasteiger partial charge in [0.05, 0.1) is 0 Å². The number of amides is 2. The first-order valence-corrected chi connectivity index (χ1v) is 15.7. The topological polar surface area (TPSA) is 177 Å². The fraction of sp³-hybridized carbons (Fsp3) is 0.562. The van der Waals surface area contributed by atoms with Gasteiger partial charge in [-0.05, 0) is 24.8 Å². The lowest BCUT2D eigenvalue weighted by Crippen LogP contribution is -2.44. The van der Waals surface area contributed by atoms with E-state index in [1.165, 1.54) is 4.57 Å². The first-order valence-electron chi connectivity index (χ1n) is 15.7. The quantitative estimate of drug-likeness (QED) is 0.146. The minimum absolute atomic E-state index is 0.0238. The van der Waals surface area contributed by atoms with E-state index in [0.717, 1.165) is 75.6 Å². The van der Waals surface area contributed by atoms with Crippen LogP contribution in [-0.2, 0) is 41.4 Å². The van der Waals surface area contributed by atoms with Crippen molar-refractivity contribution in [2.75, 3.05) is 6.54 Å². The molecule has 0 saturated heterocycles. The van der Waals surface area contributed by atoms with Gasteiger partial charge < -0.3 is 25.0 Å². The van der Waals surface area contributed by atoms with E-state index in [0.29, 0.717) is 17.7 Å². The Kier molecular flexibility index (Phi) is 13.8. The summed E-state index contributed by atoms with van der Waals surface area (Å²) in [5.74, 6) is -1.25. The molecule has 0 saturated carbocycles. The molecule has 2 aromatic heterocycles. The second kappa shape index (κ2) is 17.8. The maximum atomic E-state index is 12.5. The van der Waals surface area contributed by atoms with Crippen LogP contribution in [0.25, 0.3) is 11.2 Å². The number of H-pyrrole nitrogens is 1. The van der Waals surface area contributed by atoms with Crippen LogP contribution >= 0.6 is 0 Å². The average molecular weight is 627 g/mol. The summed E-state index contributed by atoms with van der Waals surface area (Å²) in [7, 11) is 3.40. The molecule has 0 aliphatic rings. The fourth-order valence-electron chi connectivity index (χ4n) is 5.20. The van der Waals surface area contributed by atoms with Crippen molar-refractivity contribution in [2.24, 2.45) is 20.0 Å². The molecule has 2 amide bonds. The van der Waals surface area contributed by atoms with Crippen LogP contribution in [0.2, 0.25) is 0 Å². The number of benzene rings is 1. The van der Waals surface area contributed by atoms with E-state index in [9.17, 15) is 29.1 Å². The molecule has 0 aliphatic heterocycles. The van der Waals surface area contributed by atoms with Gasteiger partial charge in [0.25, 0.3) is 5.56 Å². The maximum Gasteiger partial charge on any atom is 0.408 e. The number of imidazole rings is 1. The Morgan fingerprint density at radius 3 is 2.20 bits per heavy atom. The zero-order valence-corrected chi connectivity index (χ0v) is 26.5. The molecule has 0 aliphatic carbocycles. The normalized spacial score (nSPS) is 12.5. The predicted molar refractivity (Wildman–Crippen MR) is 170 cm³/mol. The second-order valence-corrected chi connectivity index (χ2v) is 11.5. The lowest BCUT2D eigenvalue weighted by atomic mass is 10.0. The number of carbonyl (C=O) groups excluding carboxylic acids is 2. The smallest absolute Gasteiger partial charge is 0.408 e. The van der Waals surface area contributed by atoms with Crippen molar-refractivity contribution >= 4 is 29.1 Å². The number of aliphatic carboxylic acids is 1. The molecule has 0 radical (unpaired) electrons. The highest BCUT2D eigenvalue weighted by Gasteiger charge is 2.26. The maximum absolute atomic E-state index is 12.5.